The molecule has 0 amide bonds. The van der Waals surface area contributed by atoms with Gasteiger partial charge in [-0.1, -0.05) is 0 Å². The summed E-state index contributed by atoms with van der Waals surface area (Å²) in [6, 6.07) is 11.2. The van der Waals surface area contributed by atoms with Crippen LogP contribution >= 0.6 is 0 Å². The molecule has 4 heterocycles. The summed E-state index contributed by atoms with van der Waals surface area (Å²) in [6.45, 7) is 0.500. The fourth-order valence-electron chi connectivity index (χ4n) is 4.05. The molecule has 0 saturated carbocycles. The lowest BCUT2D eigenvalue weighted by atomic mass is 9.94. The molecule has 174 valence electrons. The molecule has 35 heavy (non-hydrogen) atoms. The van der Waals surface area contributed by atoms with Crippen molar-refractivity contribution in [2.24, 2.45) is 0 Å². The molecule has 0 atom stereocenters. The molecular weight excluding hydrogens is 451 g/mol. The maximum absolute atomic E-state index is 14.2. The number of nitriles is 1. The molecule has 0 aliphatic carbocycles. The minimum Gasteiger partial charge on any atom is -0.485 e. The molecule has 0 unspecified atom stereocenters. The zero-order valence-corrected chi connectivity index (χ0v) is 18.7. The largest absolute Gasteiger partial charge is 0.485 e. The lowest BCUT2D eigenvalue weighted by Crippen LogP contribution is -2.11. The molecule has 1 aliphatic heterocycles. The number of ketones is 1. The van der Waals surface area contributed by atoms with Gasteiger partial charge in [0, 0.05) is 36.2 Å². The zero-order chi connectivity index (χ0) is 24.5. The van der Waals surface area contributed by atoms with Crippen LogP contribution in [0.5, 0.6) is 5.75 Å². The van der Waals surface area contributed by atoms with E-state index in [4.69, 9.17) is 15.2 Å². The fourth-order valence-corrected chi connectivity index (χ4v) is 4.05. The van der Waals surface area contributed by atoms with Crippen molar-refractivity contribution in [3.05, 3.63) is 77.1 Å². The van der Waals surface area contributed by atoms with Gasteiger partial charge in [0.05, 0.1) is 30.0 Å². The van der Waals surface area contributed by atoms with E-state index in [0.717, 1.165) is 0 Å². The van der Waals surface area contributed by atoms with Gasteiger partial charge >= 0.3 is 0 Å². The molecule has 5 rings (SSSR count). The first-order valence-corrected chi connectivity index (χ1v) is 10.7. The Kier molecular flexibility index (Phi) is 5.68. The van der Waals surface area contributed by atoms with Crippen LogP contribution in [0.1, 0.15) is 27.3 Å². The second kappa shape index (κ2) is 8.96. The molecule has 2 N–H and O–H groups in total. The van der Waals surface area contributed by atoms with E-state index in [0.29, 0.717) is 27.9 Å². The number of pyridine rings is 2. The number of rotatable bonds is 3. The summed E-state index contributed by atoms with van der Waals surface area (Å²) in [5.41, 5.74) is 8.61. The van der Waals surface area contributed by atoms with Gasteiger partial charge in [0.25, 0.3) is 0 Å². The number of nitrogens with zero attached hydrogens (tertiary/aromatic N) is 5. The molecule has 0 saturated heterocycles. The lowest BCUT2D eigenvalue weighted by Gasteiger charge is -2.16. The van der Waals surface area contributed by atoms with Crippen LogP contribution < -0.4 is 10.5 Å². The average molecular weight is 470 g/mol. The molecule has 10 heteroatoms. The Hall–Kier alpha value is -4.62. The van der Waals surface area contributed by atoms with Crippen LogP contribution in [0, 0.1) is 17.1 Å². The third-order valence-corrected chi connectivity index (χ3v) is 5.71. The minimum atomic E-state index is -0.457. The Balaban J connectivity index is 1.84. The molecular formula is C25H19FN6O3. The molecule has 4 aromatic rings. The summed E-state index contributed by atoms with van der Waals surface area (Å²) in [4.78, 5) is 22.6. The number of halogens is 1. The number of hydrogen-bond donors (Lipinski definition) is 1. The fraction of sp³-hybridized carbons (Fsp3) is 0.160. The number of fused-ring (bicyclic) bond motifs is 7. The highest BCUT2D eigenvalue weighted by Gasteiger charge is 2.29. The SMILES string of the molecule is COCCn1nc2c(c1C#N)-c1cnc(N)c(c1)OCc1cc(F)ccc1-c1ncccc1C2=O. The minimum absolute atomic E-state index is 0.0440. The predicted octanol–water partition coefficient (Wildman–Crippen LogP) is 3.37. The number of hydrogen-bond acceptors (Lipinski definition) is 8. The number of carbonyl (C=O) groups is 1. The zero-order valence-electron chi connectivity index (χ0n) is 18.7. The van der Waals surface area contributed by atoms with Crippen molar-refractivity contribution in [3.63, 3.8) is 0 Å². The van der Waals surface area contributed by atoms with Gasteiger partial charge in [0.1, 0.15) is 29.9 Å². The van der Waals surface area contributed by atoms with Gasteiger partial charge in [-0.15, -0.1) is 0 Å². The van der Waals surface area contributed by atoms with Gasteiger partial charge in [-0.05, 0) is 36.4 Å². The Morgan fingerprint density at radius 1 is 1.23 bits per heavy atom. The van der Waals surface area contributed by atoms with Gasteiger partial charge in [-0.25, -0.2) is 9.37 Å². The van der Waals surface area contributed by atoms with Crippen molar-refractivity contribution in [2.75, 3.05) is 19.5 Å². The van der Waals surface area contributed by atoms with E-state index < -0.39 is 11.6 Å². The van der Waals surface area contributed by atoms with Crippen molar-refractivity contribution in [1.29, 1.82) is 5.26 Å². The molecule has 9 nitrogen and oxygen atoms in total. The van der Waals surface area contributed by atoms with Crippen LogP contribution in [0.15, 0.2) is 48.8 Å². The van der Waals surface area contributed by atoms with Gasteiger partial charge < -0.3 is 15.2 Å². The number of nitrogens with two attached hydrogens (primary N) is 1. The summed E-state index contributed by atoms with van der Waals surface area (Å²) in [5, 5.41) is 14.5. The third kappa shape index (κ3) is 3.88. The van der Waals surface area contributed by atoms with Crippen molar-refractivity contribution < 1.29 is 18.7 Å². The van der Waals surface area contributed by atoms with Crippen LogP contribution in [0.25, 0.3) is 22.4 Å². The van der Waals surface area contributed by atoms with E-state index in [1.165, 1.54) is 30.1 Å². The van der Waals surface area contributed by atoms with Crippen LogP contribution in [-0.4, -0.2) is 39.2 Å². The molecule has 3 aromatic heterocycles. The summed E-state index contributed by atoms with van der Waals surface area (Å²) in [5.74, 6) is -0.557. The van der Waals surface area contributed by atoms with Crippen molar-refractivity contribution in [1.82, 2.24) is 19.7 Å². The van der Waals surface area contributed by atoms with Crippen LogP contribution in [-0.2, 0) is 17.9 Å². The smallest absolute Gasteiger partial charge is 0.216 e. The predicted molar refractivity (Wildman–Crippen MR) is 124 cm³/mol. The number of anilines is 1. The van der Waals surface area contributed by atoms with E-state index in [2.05, 4.69) is 21.1 Å². The first-order chi connectivity index (χ1) is 17.0. The summed E-state index contributed by atoms with van der Waals surface area (Å²) < 4.78 is 26.7. The quantitative estimate of drug-likeness (QED) is 0.483. The Labute approximate surface area is 199 Å². The van der Waals surface area contributed by atoms with E-state index in [1.54, 1.807) is 30.5 Å². The number of nitrogen functional groups attached to an aromatic ring is 1. The third-order valence-electron chi connectivity index (χ3n) is 5.71. The summed E-state index contributed by atoms with van der Waals surface area (Å²) in [7, 11) is 1.54. The second-order valence-electron chi connectivity index (χ2n) is 7.83. The van der Waals surface area contributed by atoms with Gasteiger partial charge in [0.15, 0.2) is 11.6 Å². The summed E-state index contributed by atoms with van der Waals surface area (Å²) >= 11 is 0. The van der Waals surface area contributed by atoms with Gasteiger partial charge in [-0.3, -0.25) is 14.5 Å². The number of ether oxygens (including phenoxy) is 2. The standard InChI is InChI=1S/C25H19FN6O3/c1-34-8-7-32-19(11-27)21-14-10-20(25(28)30-12-14)35-13-15-9-16(26)4-5-17(15)22-18(3-2-6-29-22)24(33)23(21)31-32/h2-6,9-10,12H,7-8,13H2,1H3,(H2,28,30). The summed E-state index contributed by atoms with van der Waals surface area (Å²) in [6.07, 6.45) is 3.01. The average Bonchev–Trinajstić information content (AvgIpc) is 3.24. The second-order valence-corrected chi connectivity index (χ2v) is 7.83. The van der Waals surface area contributed by atoms with Crippen molar-refractivity contribution >= 4 is 11.6 Å². The number of carbonyl (C=O) groups excluding carboxylic acids is 1. The van der Waals surface area contributed by atoms with Gasteiger partial charge in [0.2, 0.25) is 5.78 Å². The lowest BCUT2D eigenvalue weighted by molar-refractivity contribution is 0.103. The molecule has 1 aliphatic rings. The highest BCUT2D eigenvalue weighted by Crippen LogP contribution is 2.36. The molecule has 1 aromatic carbocycles. The number of methoxy groups -OCH3 is 1. The Morgan fingerprint density at radius 2 is 2.09 bits per heavy atom. The van der Waals surface area contributed by atoms with E-state index in [1.807, 2.05) is 0 Å². The van der Waals surface area contributed by atoms with Crippen molar-refractivity contribution in [3.8, 4) is 34.2 Å². The molecule has 0 spiro atoms. The normalized spacial score (nSPS) is 12.3. The van der Waals surface area contributed by atoms with E-state index in [9.17, 15) is 14.4 Å². The molecule has 0 radical (unpaired) electrons. The van der Waals surface area contributed by atoms with E-state index >= 15 is 0 Å². The van der Waals surface area contributed by atoms with Crippen LogP contribution in [0.3, 0.4) is 0 Å². The van der Waals surface area contributed by atoms with Gasteiger partial charge in [-0.2, -0.15) is 10.4 Å². The van der Waals surface area contributed by atoms with E-state index in [-0.39, 0.29) is 48.3 Å². The highest BCUT2D eigenvalue weighted by molar-refractivity contribution is 6.15. The first kappa shape index (κ1) is 22.2. The van der Waals surface area contributed by atoms with Crippen molar-refractivity contribution in [2.45, 2.75) is 13.2 Å². The Morgan fingerprint density at radius 3 is 2.89 bits per heavy atom. The maximum Gasteiger partial charge on any atom is 0.216 e. The van der Waals surface area contributed by atoms with Crippen LogP contribution in [0.4, 0.5) is 10.2 Å². The number of benzene rings is 1. The maximum atomic E-state index is 14.2. The monoisotopic (exact) mass is 470 g/mol. The first-order valence-electron chi connectivity index (χ1n) is 10.7. The molecule has 0 fully saturated rings. The highest BCUT2D eigenvalue weighted by atomic mass is 19.1. The topological polar surface area (TPSA) is 129 Å². The Bertz CT molecular complexity index is 1510. The van der Waals surface area contributed by atoms with Crippen LogP contribution in [0.2, 0.25) is 0 Å². The number of aromatic nitrogens is 4. The molecule has 2 bridgehead atoms.